The zero-order valence-electron chi connectivity index (χ0n) is 14.0. The predicted octanol–water partition coefficient (Wildman–Crippen LogP) is 1.21. The molecular weight excluding hydrogens is 290 g/mol. The van der Waals surface area contributed by atoms with E-state index in [-0.39, 0.29) is 11.4 Å². The molecule has 2 aliphatic rings. The first-order chi connectivity index (χ1) is 11.2. The normalized spacial score (nSPS) is 22.7. The van der Waals surface area contributed by atoms with Crippen molar-refractivity contribution >= 4 is 5.91 Å². The molecule has 0 spiro atoms. The Bertz CT molecular complexity index is 506. The highest BCUT2D eigenvalue weighted by Crippen LogP contribution is 2.29. The molecule has 2 fully saturated rings. The van der Waals surface area contributed by atoms with Gasteiger partial charge in [0.2, 0.25) is 0 Å². The van der Waals surface area contributed by atoms with Crippen molar-refractivity contribution in [3.05, 3.63) is 35.9 Å². The molecule has 1 aromatic carbocycles. The number of hydrogen-bond acceptors (Lipinski definition) is 4. The van der Waals surface area contributed by atoms with Crippen LogP contribution in [0.2, 0.25) is 0 Å². The van der Waals surface area contributed by atoms with Crippen LogP contribution in [0, 0.1) is 0 Å². The molecule has 126 valence electrons. The van der Waals surface area contributed by atoms with Crippen LogP contribution in [0.25, 0.3) is 0 Å². The summed E-state index contributed by atoms with van der Waals surface area (Å²) < 4.78 is 5.51. The van der Waals surface area contributed by atoms with Gasteiger partial charge in [0.25, 0.3) is 5.91 Å². The van der Waals surface area contributed by atoms with Gasteiger partial charge in [-0.2, -0.15) is 0 Å². The van der Waals surface area contributed by atoms with Gasteiger partial charge in [-0.05, 0) is 45.1 Å². The van der Waals surface area contributed by atoms with E-state index < -0.39 is 0 Å². The van der Waals surface area contributed by atoms with E-state index in [1.807, 2.05) is 30.3 Å². The van der Waals surface area contributed by atoms with Crippen LogP contribution in [0.4, 0.5) is 0 Å². The SMILES string of the molecule is CN1CCC(CNC(=O)c2ccccc2)(N2CCOCC2)CC1. The minimum absolute atomic E-state index is 0.0252. The zero-order valence-corrected chi connectivity index (χ0v) is 14.0. The fourth-order valence-electron chi connectivity index (χ4n) is 3.61. The minimum Gasteiger partial charge on any atom is -0.379 e. The lowest BCUT2D eigenvalue weighted by Gasteiger charge is -2.49. The van der Waals surface area contributed by atoms with E-state index in [1.165, 1.54) is 0 Å². The van der Waals surface area contributed by atoms with Crippen LogP contribution >= 0.6 is 0 Å². The lowest BCUT2D eigenvalue weighted by Crippen LogP contribution is -2.62. The van der Waals surface area contributed by atoms with Gasteiger partial charge in [-0.15, -0.1) is 0 Å². The van der Waals surface area contributed by atoms with Crippen molar-refractivity contribution in [1.82, 2.24) is 15.1 Å². The molecule has 2 aliphatic heterocycles. The Morgan fingerprint density at radius 1 is 1.13 bits per heavy atom. The number of nitrogens with zero attached hydrogens (tertiary/aromatic N) is 2. The van der Waals surface area contributed by atoms with Crippen LogP contribution in [-0.4, -0.2) is 74.2 Å². The molecule has 2 heterocycles. The molecule has 0 saturated carbocycles. The second-order valence-corrected chi connectivity index (χ2v) is 6.68. The third kappa shape index (κ3) is 3.91. The zero-order chi connectivity index (χ0) is 16.1. The van der Waals surface area contributed by atoms with Crippen molar-refractivity contribution in [2.75, 3.05) is 53.0 Å². The molecule has 2 saturated heterocycles. The molecule has 5 heteroatoms. The highest BCUT2D eigenvalue weighted by Gasteiger charge is 2.40. The van der Waals surface area contributed by atoms with Crippen LogP contribution in [-0.2, 0) is 4.74 Å². The number of likely N-dealkylation sites (tertiary alicyclic amines) is 1. The van der Waals surface area contributed by atoms with Gasteiger partial charge in [0, 0.05) is 30.7 Å². The van der Waals surface area contributed by atoms with Crippen molar-refractivity contribution in [1.29, 1.82) is 0 Å². The molecule has 0 unspecified atom stereocenters. The van der Waals surface area contributed by atoms with E-state index in [4.69, 9.17) is 4.74 Å². The van der Waals surface area contributed by atoms with Gasteiger partial charge in [-0.25, -0.2) is 0 Å². The molecule has 1 N–H and O–H groups in total. The number of carbonyl (C=O) groups is 1. The second-order valence-electron chi connectivity index (χ2n) is 6.68. The summed E-state index contributed by atoms with van der Waals surface area (Å²) >= 11 is 0. The fraction of sp³-hybridized carbons (Fsp3) is 0.611. The molecule has 3 rings (SSSR count). The van der Waals surface area contributed by atoms with Gasteiger partial charge in [0.05, 0.1) is 13.2 Å². The molecule has 0 radical (unpaired) electrons. The van der Waals surface area contributed by atoms with Crippen LogP contribution < -0.4 is 5.32 Å². The molecule has 0 atom stereocenters. The third-order valence-corrected chi connectivity index (χ3v) is 5.21. The number of ether oxygens (including phenoxy) is 1. The highest BCUT2D eigenvalue weighted by atomic mass is 16.5. The smallest absolute Gasteiger partial charge is 0.251 e. The lowest BCUT2D eigenvalue weighted by molar-refractivity contribution is -0.0439. The maximum atomic E-state index is 12.4. The Morgan fingerprint density at radius 2 is 1.78 bits per heavy atom. The van der Waals surface area contributed by atoms with E-state index in [2.05, 4.69) is 22.2 Å². The number of benzene rings is 1. The summed E-state index contributed by atoms with van der Waals surface area (Å²) in [5, 5.41) is 3.18. The maximum absolute atomic E-state index is 12.4. The Balaban J connectivity index is 1.67. The summed E-state index contributed by atoms with van der Waals surface area (Å²) in [6, 6.07) is 9.48. The van der Waals surface area contributed by atoms with Crippen molar-refractivity contribution in [3.63, 3.8) is 0 Å². The van der Waals surface area contributed by atoms with E-state index in [1.54, 1.807) is 0 Å². The summed E-state index contributed by atoms with van der Waals surface area (Å²) in [6.45, 7) is 6.40. The van der Waals surface area contributed by atoms with Crippen molar-refractivity contribution in [3.8, 4) is 0 Å². The molecule has 5 nitrogen and oxygen atoms in total. The largest absolute Gasteiger partial charge is 0.379 e. The summed E-state index contributed by atoms with van der Waals surface area (Å²) in [4.78, 5) is 17.3. The van der Waals surface area contributed by atoms with Gasteiger partial charge in [0.1, 0.15) is 0 Å². The fourth-order valence-corrected chi connectivity index (χ4v) is 3.61. The predicted molar refractivity (Wildman–Crippen MR) is 90.6 cm³/mol. The molecule has 0 aromatic heterocycles. The Hall–Kier alpha value is -1.43. The average Bonchev–Trinajstić information content (AvgIpc) is 2.63. The van der Waals surface area contributed by atoms with Crippen LogP contribution in [0.3, 0.4) is 0 Å². The van der Waals surface area contributed by atoms with Crippen molar-refractivity contribution < 1.29 is 9.53 Å². The highest BCUT2D eigenvalue weighted by molar-refractivity contribution is 5.94. The first-order valence-corrected chi connectivity index (χ1v) is 8.54. The van der Waals surface area contributed by atoms with E-state index in [0.29, 0.717) is 6.54 Å². The summed E-state index contributed by atoms with van der Waals surface area (Å²) in [7, 11) is 2.17. The molecule has 0 aliphatic carbocycles. The lowest BCUT2D eigenvalue weighted by atomic mass is 9.85. The number of hydrogen-bond donors (Lipinski definition) is 1. The third-order valence-electron chi connectivity index (χ3n) is 5.21. The van der Waals surface area contributed by atoms with E-state index >= 15 is 0 Å². The minimum atomic E-state index is 0.0252. The van der Waals surface area contributed by atoms with Crippen LogP contribution in [0.1, 0.15) is 23.2 Å². The number of amides is 1. The topological polar surface area (TPSA) is 44.8 Å². The second kappa shape index (κ2) is 7.43. The molecular formula is C18H27N3O2. The van der Waals surface area contributed by atoms with Crippen molar-refractivity contribution in [2.24, 2.45) is 0 Å². The van der Waals surface area contributed by atoms with E-state index in [9.17, 15) is 4.79 Å². The quantitative estimate of drug-likeness (QED) is 0.907. The number of nitrogens with one attached hydrogen (secondary N) is 1. The van der Waals surface area contributed by atoms with E-state index in [0.717, 1.165) is 57.8 Å². The first-order valence-electron chi connectivity index (χ1n) is 8.54. The molecule has 0 bridgehead atoms. The number of piperidine rings is 1. The number of rotatable bonds is 4. The molecule has 1 amide bonds. The summed E-state index contributed by atoms with van der Waals surface area (Å²) in [5.74, 6) is 0.0252. The van der Waals surface area contributed by atoms with Crippen LogP contribution in [0.5, 0.6) is 0 Å². The maximum Gasteiger partial charge on any atom is 0.251 e. The number of morpholine rings is 1. The summed E-state index contributed by atoms with van der Waals surface area (Å²) in [5.41, 5.74) is 0.804. The standard InChI is InChI=1S/C18H27N3O2/c1-20-9-7-18(8-10-20,21-11-13-23-14-12-21)15-19-17(22)16-5-3-2-4-6-16/h2-6H,7-15H2,1H3,(H,19,22). The molecule has 23 heavy (non-hydrogen) atoms. The molecule has 1 aromatic rings. The Morgan fingerprint density at radius 3 is 2.43 bits per heavy atom. The van der Waals surface area contributed by atoms with Crippen molar-refractivity contribution in [2.45, 2.75) is 18.4 Å². The summed E-state index contributed by atoms with van der Waals surface area (Å²) in [6.07, 6.45) is 2.19. The first kappa shape index (κ1) is 16.4. The van der Waals surface area contributed by atoms with Gasteiger partial charge in [-0.3, -0.25) is 9.69 Å². The van der Waals surface area contributed by atoms with Gasteiger partial charge < -0.3 is 15.0 Å². The number of carbonyl (C=O) groups excluding carboxylic acids is 1. The Labute approximate surface area is 138 Å². The van der Waals surface area contributed by atoms with Gasteiger partial charge in [0.15, 0.2) is 0 Å². The van der Waals surface area contributed by atoms with Gasteiger partial charge in [-0.1, -0.05) is 18.2 Å². The van der Waals surface area contributed by atoms with Gasteiger partial charge >= 0.3 is 0 Å². The van der Waals surface area contributed by atoms with Crippen LogP contribution in [0.15, 0.2) is 30.3 Å². The Kier molecular flexibility index (Phi) is 5.30. The monoisotopic (exact) mass is 317 g/mol. The average molecular weight is 317 g/mol.